The minimum Gasteiger partial charge on any atom is -0.403 e. The first-order valence-corrected chi connectivity index (χ1v) is 3.20. The first-order valence-electron chi connectivity index (χ1n) is 3.20. The molecule has 0 saturated carbocycles. The molecule has 52 valence electrons. The summed E-state index contributed by atoms with van der Waals surface area (Å²) in [6, 6.07) is 0. The topological polar surface area (TPSA) is 26.0 Å². The normalized spacial score (nSPS) is 9.00. The van der Waals surface area contributed by atoms with Crippen LogP contribution in [0.2, 0.25) is 0 Å². The van der Waals surface area contributed by atoms with E-state index in [0.29, 0.717) is 0 Å². The lowest BCUT2D eigenvalue weighted by molar-refractivity contribution is 0.801. The average molecular weight is 125 g/mol. The maximum atomic E-state index is 5.35. The Morgan fingerprint density at radius 1 is 1.33 bits per heavy atom. The van der Waals surface area contributed by atoms with Crippen molar-refractivity contribution in [2.24, 2.45) is 5.73 Å². The number of hydrogen-bond donors (Lipinski definition) is 1. The smallest absolute Gasteiger partial charge is 0.000755 e. The van der Waals surface area contributed by atoms with Crippen molar-refractivity contribution < 1.29 is 0 Å². The monoisotopic (exact) mass is 125 g/mol. The molecule has 0 saturated heterocycles. The van der Waals surface area contributed by atoms with E-state index in [-0.39, 0.29) is 0 Å². The summed E-state index contributed by atoms with van der Waals surface area (Å²) in [7, 11) is 0. The highest BCUT2D eigenvalue weighted by Gasteiger charge is 1.88. The van der Waals surface area contributed by atoms with Crippen molar-refractivity contribution in [2.75, 3.05) is 0 Å². The van der Waals surface area contributed by atoms with Gasteiger partial charge in [-0.25, -0.2) is 0 Å². The second-order valence-corrected chi connectivity index (χ2v) is 2.47. The minimum absolute atomic E-state index is 0.774. The van der Waals surface area contributed by atoms with Gasteiger partial charge < -0.3 is 5.73 Å². The number of nitrogens with two attached hydrogens (primary N) is 1. The van der Waals surface area contributed by atoms with Gasteiger partial charge in [-0.05, 0) is 26.2 Å². The summed E-state index contributed by atoms with van der Waals surface area (Å²) in [6.07, 6.45) is 3.08. The Morgan fingerprint density at radius 2 is 1.89 bits per heavy atom. The molecule has 0 aliphatic carbocycles. The first kappa shape index (κ1) is 8.28. The van der Waals surface area contributed by atoms with Crippen LogP contribution in [0, 0.1) is 0 Å². The van der Waals surface area contributed by atoms with E-state index in [9.17, 15) is 0 Å². The van der Waals surface area contributed by atoms with Gasteiger partial charge in [0.25, 0.3) is 0 Å². The zero-order valence-electron chi connectivity index (χ0n) is 6.11. The molecule has 2 N–H and O–H groups in total. The fourth-order valence-corrected chi connectivity index (χ4v) is 0.617. The third-order valence-electron chi connectivity index (χ3n) is 1.10. The Hall–Kier alpha value is -0.720. The summed E-state index contributed by atoms with van der Waals surface area (Å²) in [5.74, 6) is 0. The molecule has 0 amide bonds. The van der Waals surface area contributed by atoms with Crippen molar-refractivity contribution in [3.05, 3.63) is 24.4 Å². The molecular weight excluding hydrogens is 110 g/mol. The lowest BCUT2D eigenvalue weighted by Crippen LogP contribution is -1.93. The van der Waals surface area contributed by atoms with Gasteiger partial charge >= 0.3 is 0 Å². The Balaban J connectivity index is 3.10. The predicted octanol–water partition coefficient (Wildman–Crippen LogP) is 2.21. The standard InChI is InChI=1S/C8H15N/c1-7(2)5-4-6-8(3)9/h1,3-6,9H2,2H3. The summed E-state index contributed by atoms with van der Waals surface area (Å²) < 4.78 is 0. The van der Waals surface area contributed by atoms with Gasteiger partial charge in [-0.1, -0.05) is 12.2 Å². The molecule has 0 bridgehead atoms. The van der Waals surface area contributed by atoms with Crippen LogP contribution in [0.1, 0.15) is 26.2 Å². The van der Waals surface area contributed by atoms with Gasteiger partial charge in [-0.15, -0.1) is 6.58 Å². The van der Waals surface area contributed by atoms with Gasteiger partial charge in [0.2, 0.25) is 0 Å². The van der Waals surface area contributed by atoms with Crippen molar-refractivity contribution in [3.8, 4) is 0 Å². The van der Waals surface area contributed by atoms with E-state index in [1.54, 1.807) is 0 Å². The molecule has 0 aromatic rings. The van der Waals surface area contributed by atoms with Gasteiger partial charge in [0.05, 0.1) is 0 Å². The number of rotatable bonds is 4. The lowest BCUT2D eigenvalue weighted by Gasteiger charge is -1.97. The first-order chi connectivity index (χ1) is 4.13. The fraction of sp³-hybridized carbons (Fsp3) is 0.500. The number of hydrogen-bond acceptors (Lipinski definition) is 1. The maximum absolute atomic E-state index is 5.35. The van der Waals surface area contributed by atoms with Gasteiger partial charge in [0, 0.05) is 5.70 Å². The van der Waals surface area contributed by atoms with Gasteiger partial charge in [0.15, 0.2) is 0 Å². The lowest BCUT2D eigenvalue weighted by atomic mass is 10.1. The summed E-state index contributed by atoms with van der Waals surface area (Å²) in [5, 5.41) is 0. The largest absolute Gasteiger partial charge is 0.403 e. The van der Waals surface area contributed by atoms with E-state index in [1.165, 1.54) is 5.57 Å². The van der Waals surface area contributed by atoms with Crippen LogP contribution in [0.3, 0.4) is 0 Å². The van der Waals surface area contributed by atoms with E-state index in [1.807, 2.05) is 6.92 Å². The molecule has 0 aromatic heterocycles. The summed E-state index contributed by atoms with van der Waals surface area (Å²) in [4.78, 5) is 0. The fourth-order valence-electron chi connectivity index (χ4n) is 0.617. The highest BCUT2D eigenvalue weighted by atomic mass is 14.5. The second kappa shape index (κ2) is 4.19. The molecular formula is C8H15N. The Kier molecular flexibility index (Phi) is 3.85. The molecule has 0 radical (unpaired) electrons. The highest BCUT2D eigenvalue weighted by molar-refractivity contribution is 4.91. The van der Waals surface area contributed by atoms with Crippen LogP contribution >= 0.6 is 0 Å². The summed E-state index contributed by atoms with van der Waals surface area (Å²) >= 11 is 0. The molecule has 0 atom stereocenters. The van der Waals surface area contributed by atoms with Crippen LogP contribution in [0.25, 0.3) is 0 Å². The Morgan fingerprint density at radius 3 is 2.22 bits per heavy atom. The third-order valence-corrected chi connectivity index (χ3v) is 1.10. The average Bonchev–Trinajstić information content (AvgIpc) is 1.63. The molecule has 0 fully saturated rings. The predicted molar refractivity (Wildman–Crippen MR) is 42.0 cm³/mol. The molecule has 0 heterocycles. The number of allylic oxidation sites excluding steroid dienone is 2. The molecule has 0 unspecified atom stereocenters. The van der Waals surface area contributed by atoms with Crippen molar-refractivity contribution in [3.63, 3.8) is 0 Å². The van der Waals surface area contributed by atoms with E-state index in [4.69, 9.17) is 5.73 Å². The molecule has 1 nitrogen and oxygen atoms in total. The SMILES string of the molecule is C=C(C)CCCC(=C)N. The Labute approximate surface area is 57.3 Å². The molecule has 0 aliphatic heterocycles. The van der Waals surface area contributed by atoms with E-state index < -0.39 is 0 Å². The van der Waals surface area contributed by atoms with E-state index >= 15 is 0 Å². The van der Waals surface area contributed by atoms with Crippen molar-refractivity contribution in [2.45, 2.75) is 26.2 Å². The summed E-state index contributed by atoms with van der Waals surface area (Å²) in [6.45, 7) is 9.41. The van der Waals surface area contributed by atoms with Crippen LogP contribution in [-0.2, 0) is 0 Å². The molecule has 0 aromatic carbocycles. The molecule has 0 aliphatic rings. The van der Waals surface area contributed by atoms with Crippen molar-refractivity contribution >= 4 is 0 Å². The third kappa shape index (κ3) is 7.28. The molecule has 0 rings (SSSR count). The Bertz CT molecular complexity index is 99.7. The van der Waals surface area contributed by atoms with Gasteiger partial charge in [-0.2, -0.15) is 0 Å². The van der Waals surface area contributed by atoms with E-state index in [2.05, 4.69) is 13.2 Å². The van der Waals surface area contributed by atoms with E-state index in [0.717, 1.165) is 25.0 Å². The van der Waals surface area contributed by atoms with Crippen LogP contribution in [0.5, 0.6) is 0 Å². The van der Waals surface area contributed by atoms with Gasteiger partial charge in [-0.3, -0.25) is 0 Å². The van der Waals surface area contributed by atoms with Crippen molar-refractivity contribution in [1.29, 1.82) is 0 Å². The molecule has 1 heteroatoms. The van der Waals surface area contributed by atoms with Crippen LogP contribution in [0.15, 0.2) is 24.4 Å². The molecule has 9 heavy (non-hydrogen) atoms. The zero-order chi connectivity index (χ0) is 7.28. The van der Waals surface area contributed by atoms with Crippen LogP contribution in [-0.4, -0.2) is 0 Å². The quantitative estimate of drug-likeness (QED) is 0.573. The maximum Gasteiger partial charge on any atom is 0.000755 e. The van der Waals surface area contributed by atoms with Crippen LogP contribution in [0.4, 0.5) is 0 Å². The van der Waals surface area contributed by atoms with Gasteiger partial charge in [0.1, 0.15) is 0 Å². The molecule has 0 spiro atoms. The van der Waals surface area contributed by atoms with Crippen LogP contribution < -0.4 is 5.73 Å². The summed E-state index contributed by atoms with van der Waals surface area (Å²) in [5.41, 5.74) is 7.35. The van der Waals surface area contributed by atoms with Crippen molar-refractivity contribution in [1.82, 2.24) is 0 Å². The second-order valence-electron chi connectivity index (χ2n) is 2.47. The zero-order valence-corrected chi connectivity index (χ0v) is 6.11. The highest BCUT2D eigenvalue weighted by Crippen LogP contribution is 2.05. The minimum atomic E-state index is 0.774.